The van der Waals surface area contributed by atoms with Crippen molar-refractivity contribution in [2.24, 2.45) is 10.2 Å². The van der Waals surface area contributed by atoms with Gasteiger partial charge >= 0.3 is 0 Å². The van der Waals surface area contributed by atoms with E-state index in [1.54, 1.807) is 13.2 Å². The number of rotatable bonds is 6. The molecule has 0 unspecified atom stereocenters. The number of aryl methyl sites for hydroxylation is 1. The van der Waals surface area contributed by atoms with Crippen LogP contribution in [-0.2, 0) is 4.79 Å². The van der Waals surface area contributed by atoms with E-state index in [4.69, 9.17) is 4.74 Å². The monoisotopic (exact) mass is 408 g/mol. The number of aromatic nitrogens is 1. The van der Waals surface area contributed by atoms with Crippen LogP contribution in [0.3, 0.4) is 0 Å². The number of carbonyl (C=O) groups excluding carboxylic acids is 1. The Bertz CT molecular complexity index is 1070. The van der Waals surface area contributed by atoms with Gasteiger partial charge in [-0.15, -0.1) is 21.6 Å². The molecule has 0 aliphatic rings. The number of nitrogens with zero attached hydrogens (tertiary/aromatic N) is 3. The molecule has 0 fully saturated rings. The Morgan fingerprint density at radius 2 is 1.90 bits per heavy atom. The van der Waals surface area contributed by atoms with Gasteiger partial charge in [-0.1, -0.05) is 18.2 Å². The lowest BCUT2D eigenvalue weighted by Gasteiger charge is -2.03. The molecule has 0 radical (unpaired) electrons. The van der Waals surface area contributed by atoms with Gasteiger partial charge in [-0.3, -0.25) is 10.1 Å². The maximum Gasteiger partial charge on any atom is 0.281 e. The first-order valence-corrected chi connectivity index (χ1v) is 9.64. The largest absolute Gasteiger partial charge is 0.510 e. The Balaban J connectivity index is 1.75. The minimum absolute atomic E-state index is 0.172. The fourth-order valence-corrected chi connectivity index (χ4v) is 3.16. The SMILES string of the molecule is COc1ccc(-c2csc(NC(=O)C(N=Nc3ccccc3C)=C(C)O)n2)cc1. The van der Waals surface area contributed by atoms with Gasteiger partial charge in [0.25, 0.3) is 5.91 Å². The van der Waals surface area contributed by atoms with Crippen molar-refractivity contribution < 1.29 is 14.6 Å². The van der Waals surface area contributed by atoms with Gasteiger partial charge in [0.05, 0.1) is 18.5 Å². The van der Waals surface area contributed by atoms with Gasteiger partial charge in [-0.25, -0.2) is 4.98 Å². The molecular weight excluding hydrogens is 388 g/mol. The topological polar surface area (TPSA) is 96.2 Å². The third-order valence-electron chi connectivity index (χ3n) is 4.04. The average molecular weight is 408 g/mol. The zero-order valence-corrected chi connectivity index (χ0v) is 17.0. The summed E-state index contributed by atoms with van der Waals surface area (Å²) >= 11 is 1.28. The van der Waals surface area contributed by atoms with Crippen LogP contribution in [-0.4, -0.2) is 23.1 Å². The van der Waals surface area contributed by atoms with Crippen molar-refractivity contribution in [1.29, 1.82) is 0 Å². The van der Waals surface area contributed by atoms with Crippen molar-refractivity contribution in [2.45, 2.75) is 13.8 Å². The number of thiazole rings is 1. The number of benzene rings is 2. The number of amides is 1. The molecule has 8 heteroatoms. The van der Waals surface area contributed by atoms with Crippen molar-refractivity contribution in [3.8, 4) is 17.0 Å². The molecule has 29 heavy (non-hydrogen) atoms. The molecule has 3 aromatic rings. The Hall–Kier alpha value is -3.52. The van der Waals surface area contributed by atoms with Crippen LogP contribution in [0.5, 0.6) is 5.75 Å². The lowest BCUT2D eigenvalue weighted by Crippen LogP contribution is -2.14. The second-order valence-corrected chi connectivity index (χ2v) is 7.00. The Morgan fingerprint density at radius 1 is 1.17 bits per heavy atom. The number of aliphatic hydroxyl groups is 1. The number of hydrogen-bond acceptors (Lipinski definition) is 7. The van der Waals surface area contributed by atoms with Crippen molar-refractivity contribution in [3.05, 3.63) is 70.9 Å². The van der Waals surface area contributed by atoms with E-state index >= 15 is 0 Å². The highest BCUT2D eigenvalue weighted by Gasteiger charge is 2.16. The first-order valence-electron chi connectivity index (χ1n) is 8.76. The lowest BCUT2D eigenvalue weighted by molar-refractivity contribution is -0.113. The second-order valence-electron chi connectivity index (χ2n) is 6.14. The number of azo groups is 1. The molecular formula is C21H20N4O3S. The molecule has 0 saturated carbocycles. The minimum atomic E-state index is -0.585. The van der Waals surface area contributed by atoms with E-state index < -0.39 is 5.91 Å². The zero-order chi connectivity index (χ0) is 20.8. The molecule has 1 aromatic heterocycles. The summed E-state index contributed by atoms with van der Waals surface area (Å²) in [5.41, 5.74) is 2.98. The summed E-state index contributed by atoms with van der Waals surface area (Å²) in [4.78, 5) is 17.0. The van der Waals surface area contributed by atoms with Crippen LogP contribution in [0.25, 0.3) is 11.3 Å². The van der Waals surface area contributed by atoms with Crippen molar-refractivity contribution in [1.82, 2.24) is 4.98 Å². The summed E-state index contributed by atoms with van der Waals surface area (Å²) < 4.78 is 5.15. The third kappa shape index (κ3) is 5.05. The molecule has 3 rings (SSSR count). The lowest BCUT2D eigenvalue weighted by atomic mass is 10.2. The molecule has 1 heterocycles. The first-order chi connectivity index (χ1) is 14.0. The fourth-order valence-electron chi connectivity index (χ4n) is 2.44. The van der Waals surface area contributed by atoms with Gasteiger partial charge in [0, 0.05) is 10.9 Å². The number of anilines is 1. The van der Waals surface area contributed by atoms with E-state index in [0.29, 0.717) is 10.8 Å². The molecule has 0 aliphatic heterocycles. The number of nitrogens with one attached hydrogen (secondary N) is 1. The van der Waals surface area contributed by atoms with E-state index in [0.717, 1.165) is 22.6 Å². The molecule has 7 nitrogen and oxygen atoms in total. The van der Waals surface area contributed by atoms with Crippen molar-refractivity contribution >= 4 is 28.1 Å². The van der Waals surface area contributed by atoms with Gasteiger partial charge in [0.15, 0.2) is 10.8 Å². The molecule has 0 atom stereocenters. The highest BCUT2D eigenvalue weighted by Crippen LogP contribution is 2.27. The molecule has 0 aliphatic carbocycles. The van der Waals surface area contributed by atoms with Crippen LogP contribution < -0.4 is 10.1 Å². The van der Waals surface area contributed by atoms with Crippen molar-refractivity contribution in [3.63, 3.8) is 0 Å². The Kier molecular flexibility index (Phi) is 6.36. The molecule has 0 bridgehead atoms. The van der Waals surface area contributed by atoms with Gasteiger partial charge in [0.1, 0.15) is 11.5 Å². The first kappa shape index (κ1) is 20.2. The van der Waals surface area contributed by atoms with E-state index in [9.17, 15) is 9.90 Å². The highest BCUT2D eigenvalue weighted by molar-refractivity contribution is 7.14. The van der Waals surface area contributed by atoms with Gasteiger partial charge in [-0.05, 0) is 49.7 Å². The van der Waals surface area contributed by atoms with Crippen LogP contribution in [0.2, 0.25) is 0 Å². The summed E-state index contributed by atoms with van der Waals surface area (Å²) in [5, 5.41) is 22.8. The smallest absolute Gasteiger partial charge is 0.281 e. The molecule has 0 spiro atoms. The van der Waals surface area contributed by atoms with Crippen molar-refractivity contribution in [2.75, 3.05) is 12.4 Å². The van der Waals surface area contributed by atoms with Crippen LogP contribution in [0.15, 0.2) is 75.6 Å². The number of hydrogen-bond donors (Lipinski definition) is 2. The average Bonchev–Trinajstić information content (AvgIpc) is 3.17. The van der Waals surface area contributed by atoms with E-state index in [1.165, 1.54) is 18.3 Å². The third-order valence-corrected chi connectivity index (χ3v) is 4.80. The van der Waals surface area contributed by atoms with E-state index in [1.807, 2.05) is 54.8 Å². The standard InChI is InChI=1S/C21H20N4O3S/c1-13-6-4-5-7-17(13)24-25-19(14(2)26)20(27)23-21-22-18(12-29-21)15-8-10-16(28-3)11-9-15/h4-12,26H,1-3H3,(H,22,23,27). The molecule has 2 aromatic carbocycles. The number of carbonyl (C=O) groups is 1. The van der Waals surface area contributed by atoms with Gasteiger partial charge in [0.2, 0.25) is 0 Å². The maximum absolute atomic E-state index is 12.6. The van der Waals surface area contributed by atoms with Gasteiger partial charge in [-0.2, -0.15) is 0 Å². The predicted octanol–water partition coefficient (Wildman–Crippen LogP) is 5.64. The minimum Gasteiger partial charge on any atom is -0.510 e. The second kappa shape index (κ2) is 9.11. The summed E-state index contributed by atoms with van der Waals surface area (Å²) in [7, 11) is 1.61. The van der Waals surface area contributed by atoms with E-state index in [2.05, 4.69) is 20.5 Å². The predicted molar refractivity (Wildman–Crippen MR) is 114 cm³/mol. The van der Waals surface area contributed by atoms with Crippen LogP contribution in [0.4, 0.5) is 10.8 Å². The number of methoxy groups -OCH3 is 1. The number of aliphatic hydroxyl groups excluding tert-OH is 1. The quantitative estimate of drug-likeness (QED) is 0.313. The molecule has 148 valence electrons. The van der Waals surface area contributed by atoms with Gasteiger partial charge < -0.3 is 9.84 Å². The Labute approximate surface area is 172 Å². The summed E-state index contributed by atoms with van der Waals surface area (Å²) in [5.74, 6) is -0.0607. The fraction of sp³-hybridized carbons (Fsp3) is 0.143. The summed E-state index contributed by atoms with van der Waals surface area (Å²) in [6.07, 6.45) is 0. The van der Waals surface area contributed by atoms with Crippen LogP contribution >= 0.6 is 11.3 Å². The van der Waals surface area contributed by atoms with E-state index in [-0.39, 0.29) is 11.5 Å². The molecule has 1 amide bonds. The molecule has 2 N–H and O–H groups in total. The summed E-state index contributed by atoms with van der Waals surface area (Å²) in [6, 6.07) is 14.8. The number of allylic oxidation sites excluding steroid dienone is 1. The normalized spacial score (nSPS) is 12.0. The summed E-state index contributed by atoms with van der Waals surface area (Å²) in [6.45, 7) is 3.27. The maximum atomic E-state index is 12.6. The zero-order valence-electron chi connectivity index (χ0n) is 16.2. The number of ether oxygens (including phenoxy) is 1. The van der Waals surface area contributed by atoms with Crippen LogP contribution in [0.1, 0.15) is 12.5 Å². The Morgan fingerprint density at radius 3 is 2.55 bits per heavy atom. The van der Waals surface area contributed by atoms with Crippen LogP contribution in [0, 0.1) is 6.92 Å². The molecule has 0 saturated heterocycles. The highest BCUT2D eigenvalue weighted by atomic mass is 32.1.